The van der Waals surface area contributed by atoms with Crippen LogP contribution in [0.2, 0.25) is 0 Å². The average Bonchev–Trinajstić information content (AvgIpc) is 2.14. The Morgan fingerprint density at radius 2 is 2.00 bits per heavy atom. The lowest BCUT2D eigenvalue weighted by molar-refractivity contribution is -0.168. The second-order valence-electron chi connectivity index (χ2n) is 5.20. The molecule has 1 aliphatic rings. The molecule has 1 saturated heterocycles. The summed E-state index contributed by atoms with van der Waals surface area (Å²) < 4.78 is 5.21. The molecule has 1 fully saturated rings. The second kappa shape index (κ2) is 4.12. The standard InChI is InChI=1S/C12H23NO2/c1-6-15-10(14)12(4)11(2,3)8-7-9-13(12)5/h6-9H2,1-5H3. The van der Waals surface area contributed by atoms with Gasteiger partial charge >= 0.3 is 5.97 Å². The lowest BCUT2D eigenvalue weighted by Crippen LogP contribution is -2.63. The summed E-state index contributed by atoms with van der Waals surface area (Å²) in [5.41, 5.74) is -0.506. The molecule has 1 aliphatic heterocycles. The summed E-state index contributed by atoms with van der Waals surface area (Å²) in [6, 6.07) is 0. The van der Waals surface area contributed by atoms with E-state index in [1.54, 1.807) is 0 Å². The van der Waals surface area contributed by atoms with E-state index in [2.05, 4.69) is 18.7 Å². The van der Waals surface area contributed by atoms with Crippen LogP contribution in [0, 0.1) is 5.41 Å². The molecule has 1 heterocycles. The van der Waals surface area contributed by atoms with Gasteiger partial charge in [-0.25, -0.2) is 0 Å². The van der Waals surface area contributed by atoms with E-state index in [4.69, 9.17) is 4.74 Å². The second-order valence-corrected chi connectivity index (χ2v) is 5.20. The Kier molecular flexibility index (Phi) is 3.44. The van der Waals surface area contributed by atoms with Gasteiger partial charge in [0.25, 0.3) is 0 Å². The lowest BCUT2D eigenvalue weighted by atomic mass is 9.67. The fourth-order valence-corrected chi connectivity index (χ4v) is 2.45. The largest absolute Gasteiger partial charge is 0.465 e. The molecule has 0 aromatic heterocycles. The monoisotopic (exact) mass is 213 g/mol. The Morgan fingerprint density at radius 3 is 2.47 bits per heavy atom. The normalized spacial score (nSPS) is 31.3. The Labute approximate surface area is 92.8 Å². The number of rotatable bonds is 2. The highest BCUT2D eigenvalue weighted by molar-refractivity contribution is 5.81. The topological polar surface area (TPSA) is 29.5 Å². The molecule has 0 aromatic carbocycles. The summed E-state index contributed by atoms with van der Waals surface area (Å²) in [5, 5.41) is 0. The van der Waals surface area contributed by atoms with Crippen molar-refractivity contribution in [2.45, 2.75) is 46.1 Å². The van der Waals surface area contributed by atoms with E-state index in [1.807, 2.05) is 20.9 Å². The van der Waals surface area contributed by atoms with Crippen LogP contribution < -0.4 is 0 Å². The molecule has 0 aromatic rings. The van der Waals surface area contributed by atoms with Gasteiger partial charge in [0.2, 0.25) is 0 Å². The van der Waals surface area contributed by atoms with Crippen molar-refractivity contribution in [3.63, 3.8) is 0 Å². The molecule has 3 heteroatoms. The minimum Gasteiger partial charge on any atom is -0.465 e. The summed E-state index contributed by atoms with van der Waals surface area (Å²) >= 11 is 0. The van der Waals surface area contributed by atoms with E-state index in [0.29, 0.717) is 6.61 Å². The number of hydrogen-bond acceptors (Lipinski definition) is 3. The molecule has 0 spiro atoms. The molecule has 0 aliphatic carbocycles. The van der Waals surface area contributed by atoms with Gasteiger partial charge in [-0.15, -0.1) is 0 Å². The van der Waals surface area contributed by atoms with Crippen LogP contribution in [-0.2, 0) is 9.53 Å². The van der Waals surface area contributed by atoms with Gasteiger partial charge in [-0.2, -0.15) is 0 Å². The van der Waals surface area contributed by atoms with Gasteiger partial charge in [0, 0.05) is 0 Å². The molecule has 88 valence electrons. The van der Waals surface area contributed by atoms with E-state index < -0.39 is 5.54 Å². The maximum atomic E-state index is 12.1. The first-order valence-electron chi connectivity index (χ1n) is 5.74. The Hall–Kier alpha value is -0.570. The first-order chi connectivity index (χ1) is 6.86. The van der Waals surface area contributed by atoms with Crippen LogP contribution >= 0.6 is 0 Å². The summed E-state index contributed by atoms with van der Waals surface area (Å²) in [6.45, 7) is 9.59. The highest BCUT2D eigenvalue weighted by atomic mass is 16.5. The molecule has 0 bridgehead atoms. The lowest BCUT2D eigenvalue weighted by Gasteiger charge is -2.51. The van der Waals surface area contributed by atoms with E-state index in [1.165, 1.54) is 0 Å². The minimum absolute atomic E-state index is 0.0216. The van der Waals surface area contributed by atoms with Crippen molar-refractivity contribution in [2.24, 2.45) is 5.41 Å². The van der Waals surface area contributed by atoms with Gasteiger partial charge in [0.05, 0.1) is 6.61 Å². The van der Waals surface area contributed by atoms with E-state index in [0.717, 1.165) is 19.4 Å². The van der Waals surface area contributed by atoms with Gasteiger partial charge in [0.15, 0.2) is 0 Å². The van der Waals surface area contributed by atoms with E-state index >= 15 is 0 Å². The van der Waals surface area contributed by atoms with Gasteiger partial charge in [-0.1, -0.05) is 13.8 Å². The third-order valence-corrected chi connectivity index (χ3v) is 4.05. The fraction of sp³-hybridized carbons (Fsp3) is 0.917. The number of carbonyl (C=O) groups excluding carboxylic acids is 1. The van der Waals surface area contributed by atoms with Crippen molar-refractivity contribution in [2.75, 3.05) is 20.2 Å². The van der Waals surface area contributed by atoms with Crippen molar-refractivity contribution in [3.8, 4) is 0 Å². The van der Waals surface area contributed by atoms with Crippen molar-refractivity contribution in [1.82, 2.24) is 4.90 Å². The first kappa shape index (κ1) is 12.5. The summed E-state index contributed by atoms with van der Waals surface area (Å²) in [7, 11) is 2.01. The summed E-state index contributed by atoms with van der Waals surface area (Å²) in [6.07, 6.45) is 2.23. The Morgan fingerprint density at radius 1 is 1.40 bits per heavy atom. The molecule has 0 radical (unpaired) electrons. The van der Waals surface area contributed by atoms with Gasteiger partial charge < -0.3 is 4.74 Å². The Balaban J connectivity index is 2.98. The zero-order chi connectivity index (χ0) is 11.7. The quantitative estimate of drug-likeness (QED) is 0.658. The molecule has 15 heavy (non-hydrogen) atoms. The predicted molar refractivity (Wildman–Crippen MR) is 60.7 cm³/mol. The highest BCUT2D eigenvalue weighted by Crippen LogP contribution is 2.43. The third kappa shape index (κ3) is 1.89. The van der Waals surface area contributed by atoms with Crippen molar-refractivity contribution < 1.29 is 9.53 Å². The summed E-state index contributed by atoms with van der Waals surface area (Å²) in [5.74, 6) is -0.0859. The van der Waals surface area contributed by atoms with Crippen molar-refractivity contribution in [1.29, 1.82) is 0 Å². The number of ether oxygens (including phenoxy) is 1. The number of hydrogen-bond donors (Lipinski definition) is 0. The number of nitrogens with zero attached hydrogens (tertiary/aromatic N) is 1. The number of likely N-dealkylation sites (N-methyl/N-ethyl adjacent to an activating group) is 1. The smallest absolute Gasteiger partial charge is 0.326 e. The van der Waals surface area contributed by atoms with Gasteiger partial charge in [-0.3, -0.25) is 9.69 Å². The van der Waals surface area contributed by atoms with Crippen LogP contribution in [0.3, 0.4) is 0 Å². The van der Waals surface area contributed by atoms with Gasteiger partial charge in [-0.05, 0) is 45.7 Å². The fourth-order valence-electron chi connectivity index (χ4n) is 2.45. The predicted octanol–water partition coefficient (Wildman–Crippen LogP) is 2.06. The maximum Gasteiger partial charge on any atom is 0.326 e. The average molecular weight is 213 g/mol. The summed E-state index contributed by atoms with van der Waals surface area (Å²) in [4.78, 5) is 14.2. The molecule has 1 rings (SSSR count). The zero-order valence-electron chi connectivity index (χ0n) is 10.6. The first-order valence-corrected chi connectivity index (χ1v) is 5.74. The Bertz CT molecular complexity index is 250. The molecule has 0 amide bonds. The number of esters is 1. The molecular weight excluding hydrogens is 190 g/mol. The minimum atomic E-state index is -0.485. The molecule has 1 unspecified atom stereocenters. The van der Waals surface area contributed by atoms with Crippen LogP contribution in [-0.4, -0.2) is 36.6 Å². The van der Waals surface area contributed by atoms with Crippen molar-refractivity contribution in [3.05, 3.63) is 0 Å². The highest BCUT2D eigenvalue weighted by Gasteiger charge is 2.52. The number of carbonyl (C=O) groups is 1. The molecule has 3 nitrogen and oxygen atoms in total. The molecular formula is C12H23NO2. The molecule has 0 saturated carbocycles. The van der Waals surface area contributed by atoms with Crippen LogP contribution in [0.25, 0.3) is 0 Å². The number of piperidine rings is 1. The van der Waals surface area contributed by atoms with Gasteiger partial charge in [0.1, 0.15) is 5.54 Å². The molecule has 0 N–H and O–H groups in total. The number of likely N-dealkylation sites (tertiary alicyclic amines) is 1. The van der Waals surface area contributed by atoms with Crippen molar-refractivity contribution >= 4 is 5.97 Å². The molecule has 1 atom stereocenters. The SMILES string of the molecule is CCOC(=O)C1(C)N(C)CCCC1(C)C. The van der Waals surface area contributed by atoms with Crippen LogP contribution in [0.4, 0.5) is 0 Å². The van der Waals surface area contributed by atoms with Crippen LogP contribution in [0.5, 0.6) is 0 Å². The van der Waals surface area contributed by atoms with Crippen LogP contribution in [0.15, 0.2) is 0 Å². The zero-order valence-corrected chi connectivity index (χ0v) is 10.6. The third-order valence-electron chi connectivity index (χ3n) is 4.05. The van der Waals surface area contributed by atoms with E-state index in [9.17, 15) is 4.79 Å². The maximum absolute atomic E-state index is 12.1. The van der Waals surface area contributed by atoms with Crippen LogP contribution in [0.1, 0.15) is 40.5 Å². The van der Waals surface area contributed by atoms with E-state index in [-0.39, 0.29) is 11.4 Å².